The molecule has 0 aliphatic heterocycles. The van der Waals surface area contributed by atoms with Crippen molar-refractivity contribution < 1.29 is 19.1 Å². The molecule has 0 bridgehead atoms. The van der Waals surface area contributed by atoms with Crippen LogP contribution in [-0.2, 0) is 4.74 Å². The SMILES string of the molecule is CCOc1ccc(C(=O)COC(=O)c2cccc(Cl)c2)cc1. The van der Waals surface area contributed by atoms with Gasteiger partial charge in [-0.25, -0.2) is 4.79 Å². The molecular weight excluding hydrogens is 304 g/mol. The Labute approximate surface area is 133 Å². The summed E-state index contributed by atoms with van der Waals surface area (Å²) in [6, 6.07) is 13.1. The highest BCUT2D eigenvalue weighted by Gasteiger charge is 2.12. The van der Waals surface area contributed by atoms with Gasteiger partial charge in [0, 0.05) is 10.6 Å². The average Bonchev–Trinajstić information content (AvgIpc) is 2.53. The summed E-state index contributed by atoms with van der Waals surface area (Å²) in [7, 11) is 0. The zero-order valence-corrected chi connectivity index (χ0v) is 12.8. The van der Waals surface area contributed by atoms with E-state index in [2.05, 4.69) is 0 Å². The van der Waals surface area contributed by atoms with Crippen molar-refractivity contribution in [1.29, 1.82) is 0 Å². The Morgan fingerprint density at radius 1 is 1.05 bits per heavy atom. The van der Waals surface area contributed by atoms with E-state index >= 15 is 0 Å². The first-order valence-electron chi connectivity index (χ1n) is 6.79. The van der Waals surface area contributed by atoms with Crippen LogP contribution in [0.2, 0.25) is 5.02 Å². The number of hydrogen-bond donors (Lipinski definition) is 0. The first-order valence-corrected chi connectivity index (χ1v) is 7.16. The Bertz CT molecular complexity index is 665. The molecule has 0 atom stereocenters. The van der Waals surface area contributed by atoms with E-state index in [-0.39, 0.29) is 12.4 Å². The molecule has 0 N–H and O–H groups in total. The molecule has 0 aliphatic carbocycles. The van der Waals surface area contributed by atoms with Crippen LogP contribution in [0.5, 0.6) is 5.75 Å². The standard InChI is InChI=1S/C17H15ClO4/c1-2-21-15-8-6-12(7-9-15)16(19)11-22-17(20)13-4-3-5-14(18)10-13/h3-10H,2,11H2,1H3. The predicted molar refractivity (Wildman–Crippen MR) is 83.7 cm³/mol. The Morgan fingerprint density at radius 3 is 2.41 bits per heavy atom. The summed E-state index contributed by atoms with van der Waals surface area (Å²) in [4.78, 5) is 23.8. The third kappa shape index (κ3) is 4.33. The highest BCUT2D eigenvalue weighted by molar-refractivity contribution is 6.30. The second kappa shape index (κ2) is 7.61. The van der Waals surface area contributed by atoms with E-state index in [1.807, 2.05) is 6.92 Å². The Kier molecular flexibility index (Phi) is 5.55. The molecule has 0 aromatic heterocycles. The number of Topliss-reactive ketones (excluding diaryl/α,β-unsaturated/α-hetero) is 1. The van der Waals surface area contributed by atoms with Gasteiger partial charge in [-0.2, -0.15) is 0 Å². The van der Waals surface area contributed by atoms with Crippen LogP contribution in [0, 0.1) is 0 Å². The van der Waals surface area contributed by atoms with Gasteiger partial charge in [-0.15, -0.1) is 0 Å². The Morgan fingerprint density at radius 2 is 1.77 bits per heavy atom. The number of ketones is 1. The summed E-state index contributed by atoms with van der Waals surface area (Å²) in [6.45, 7) is 2.12. The maximum Gasteiger partial charge on any atom is 0.338 e. The molecule has 2 aromatic rings. The number of hydrogen-bond acceptors (Lipinski definition) is 4. The minimum Gasteiger partial charge on any atom is -0.494 e. The molecule has 0 fully saturated rings. The topological polar surface area (TPSA) is 52.6 Å². The fourth-order valence-electron chi connectivity index (χ4n) is 1.82. The Balaban J connectivity index is 1.93. The molecule has 0 unspecified atom stereocenters. The van der Waals surface area contributed by atoms with Gasteiger partial charge >= 0.3 is 5.97 Å². The maximum absolute atomic E-state index is 12.0. The van der Waals surface area contributed by atoms with Gasteiger partial charge < -0.3 is 9.47 Å². The summed E-state index contributed by atoms with van der Waals surface area (Å²) in [5.41, 5.74) is 0.773. The van der Waals surface area contributed by atoms with Crippen molar-refractivity contribution >= 4 is 23.4 Å². The van der Waals surface area contributed by atoms with Crippen molar-refractivity contribution in [3.8, 4) is 5.75 Å². The molecule has 0 saturated carbocycles. The van der Waals surface area contributed by atoms with E-state index in [4.69, 9.17) is 21.1 Å². The van der Waals surface area contributed by atoms with E-state index < -0.39 is 5.97 Å². The van der Waals surface area contributed by atoms with Crippen LogP contribution >= 0.6 is 11.6 Å². The van der Waals surface area contributed by atoms with Crippen LogP contribution < -0.4 is 4.74 Å². The zero-order chi connectivity index (χ0) is 15.9. The van der Waals surface area contributed by atoms with E-state index in [9.17, 15) is 9.59 Å². The lowest BCUT2D eigenvalue weighted by atomic mass is 10.1. The van der Waals surface area contributed by atoms with Crippen LogP contribution in [0.3, 0.4) is 0 Å². The van der Waals surface area contributed by atoms with E-state index in [0.717, 1.165) is 0 Å². The lowest BCUT2D eigenvalue weighted by Gasteiger charge is -2.06. The molecular formula is C17H15ClO4. The third-order valence-electron chi connectivity index (χ3n) is 2.88. The van der Waals surface area contributed by atoms with Gasteiger partial charge in [-0.3, -0.25) is 4.79 Å². The van der Waals surface area contributed by atoms with Gasteiger partial charge in [0.15, 0.2) is 12.4 Å². The van der Waals surface area contributed by atoms with Gasteiger partial charge in [0.25, 0.3) is 0 Å². The van der Waals surface area contributed by atoms with Gasteiger partial charge in [0.2, 0.25) is 0 Å². The second-order valence-corrected chi connectivity index (χ2v) is 4.90. The molecule has 0 amide bonds. The summed E-state index contributed by atoms with van der Waals surface area (Å²) < 4.78 is 10.3. The first kappa shape index (κ1) is 16.0. The van der Waals surface area contributed by atoms with E-state index in [1.165, 1.54) is 6.07 Å². The van der Waals surface area contributed by atoms with Crippen molar-refractivity contribution in [2.24, 2.45) is 0 Å². The number of carbonyl (C=O) groups excluding carboxylic acids is 2. The first-order chi connectivity index (χ1) is 10.6. The monoisotopic (exact) mass is 318 g/mol. The summed E-state index contributed by atoms with van der Waals surface area (Å²) in [5.74, 6) is -0.171. The smallest absolute Gasteiger partial charge is 0.338 e. The minimum atomic E-state index is -0.582. The van der Waals surface area contributed by atoms with Crippen LogP contribution in [0.1, 0.15) is 27.6 Å². The summed E-state index contributed by atoms with van der Waals surface area (Å²) >= 11 is 5.80. The molecule has 0 aliphatic rings. The van der Waals surface area contributed by atoms with Crippen LogP contribution in [-0.4, -0.2) is 25.0 Å². The fourth-order valence-corrected chi connectivity index (χ4v) is 2.01. The normalized spacial score (nSPS) is 10.1. The number of ether oxygens (including phenoxy) is 2. The minimum absolute atomic E-state index is 0.279. The van der Waals surface area contributed by atoms with Crippen LogP contribution in [0.4, 0.5) is 0 Å². The lowest BCUT2D eigenvalue weighted by molar-refractivity contribution is 0.0474. The number of esters is 1. The van der Waals surface area contributed by atoms with Crippen molar-refractivity contribution in [2.75, 3.05) is 13.2 Å². The fraction of sp³-hybridized carbons (Fsp3) is 0.176. The third-order valence-corrected chi connectivity index (χ3v) is 3.12. The highest BCUT2D eigenvalue weighted by atomic mass is 35.5. The molecule has 2 aromatic carbocycles. The van der Waals surface area contributed by atoms with Gasteiger partial charge in [-0.1, -0.05) is 17.7 Å². The molecule has 0 saturated heterocycles. The largest absolute Gasteiger partial charge is 0.494 e. The molecule has 0 radical (unpaired) electrons. The molecule has 2 rings (SSSR count). The molecule has 4 nitrogen and oxygen atoms in total. The number of carbonyl (C=O) groups is 2. The Hall–Kier alpha value is -2.33. The molecule has 5 heteroatoms. The maximum atomic E-state index is 12.0. The summed E-state index contributed by atoms with van der Waals surface area (Å²) in [6.07, 6.45) is 0. The van der Waals surface area contributed by atoms with Gasteiger partial charge in [0.05, 0.1) is 12.2 Å². The second-order valence-electron chi connectivity index (χ2n) is 4.47. The number of benzene rings is 2. The zero-order valence-electron chi connectivity index (χ0n) is 12.0. The van der Waals surface area contributed by atoms with Crippen molar-refractivity contribution in [2.45, 2.75) is 6.92 Å². The van der Waals surface area contributed by atoms with Gasteiger partial charge in [-0.05, 0) is 49.4 Å². The lowest BCUT2D eigenvalue weighted by Crippen LogP contribution is -2.14. The predicted octanol–water partition coefficient (Wildman–Crippen LogP) is 3.78. The van der Waals surface area contributed by atoms with Crippen molar-refractivity contribution in [3.05, 3.63) is 64.7 Å². The van der Waals surface area contributed by atoms with E-state index in [0.29, 0.717) is 28.5 Å². The van der Waals surface area contributed by atoms with Crippen molar-refractivity contribution in [1.82, 2.24) is 0 Å². The van der Waals surface area contributed by atoms with E-state index in [1.54, 1.807) is 42.5 Å². The number of halogens is 1. The van der Waals surface area contributed by atoms with Gasteiger partial charge in [0.1, 0.15) is 5.75 Å². The summed E-state index contributed by atoms with van der Waals surface area (Å²) in [5, 5.41) is 0.437. The highest BCUT2D eigenvalue weighted by Crippen LogP contribution is 2.14. The molecule has 114 valence electrons. The van der Waals surface area contributed by atoms with Crippen LogP contribution in [0.15, 0.2) is 48.5 Å². The molecule has 0 heterocycles. The number of rotatable bonds is 6. The quantitative estimate of drug-likeness (QED) is 0.601. The molecule has 0 spiro atoms. The average molecular weight is 319 g/mol. The molecule has 22 heavy (non-hydrogen) atoms. The van der Waals surface area contributed by atoms with Crippen LogP contribution in [0.25, 0.3) is 0 Å². The van der Waals surface area contributed by atoms with Crippen molar-refractivity contribution in [3.63, 3.8) is 0 Å².